The molecule has 1 heterocycles. The fraction of sp³-hybridized carbons (Fsp3) is 0.0909. The van der Waals surface area contributed by atoms with Crippen LogP contribution in [0.5, 0.6) is 5.75 Å². The number of carbonyl (C=O) groups excluding carboxylic acids is 4. The normalized spacial score (nSPS) is 10.5. The number of hydrogen-bond acceptors (Lipinski definition) is 7. The Bertz CT molecular complexity index is 1130. The lowest BCUT2D eigenvalue weighted by molar-refractivity contribution is -0.123. The second-order valence-corrected chi connectivity index (χ2v) is 7.16. The molecule has 10 heteroatoms. The molecule has 0 spiro atoms. The van der Waals surface area contributed by atoms with E-state index in [0.717, 1.165) is 12.1 Å². The predicted octanol–water partition coefficient (Wildman–Crippen LogP) is 3.69. The average molecular weight is 459 g/mol. The number of halogens is 2. The summed E-state index contributed by atoms with van der Waals surface area (Å²) in [4.78, 5) is 49.5. The van der Waals surface area contributed by atoms with Crippen molar-refractivity contribution in [3.63, 3.8) is 0 Å². The van der Waals surface area contributed by atoms with Gasteiger partial charge in [0.15, 0.2) is 6.61 Å². The third kappa shape index (κ3) is 5.82. The summed E-state index contributed by atoms with van der Waals surface area (Å²) >= 11 is 1.22. The van der Waals surface area contributed by atoms with Gasteiger partial charge in [-0.1, -0.05) is 24.3 Å². The zero-order valence-corrected chi connectivity index (χ0v) is 17.1. The molecule has 164 valence electrons. The van der Waals surface area contributed by atoms with Crippen molar-refractivity contribution < 1.29 is 37.4 Å². The Morgan fingerprint density at radius 1 is 0.906 bits per heavy atom. The Labute approximate surface area is 184 Å². The van der Waals surface area contributed by atoms with E-state index in [4.69, 9.17) is 4.74 Å². The zero-order chi connectivity index (χ0) is 23.1. The Hall–Kier alpha value is -3.92. The fourth-order valence-corrected chi connectivity index (χ4v) is 3.31. The van der Waals surface area contributed by atoms with Gasteiger partial charge in [-0.3, -0.25) is 19.7 Å². The summed E-state index contributed by atoms with van der Waals surface area (Å²) < 4.78 is 33.4. The summed E-state index contributed by atoms with van der Waals surface area (Å²) in [5.41, 5.74) is 0.125. The molecule has 0 saturated heterocycles. The average Bonchev–Trinajstić information content (AvgIpc) is 3.32. The first kappa shape index (κ1) is 22.8. The van der Waals surface area contributed by atoms with Crippen LogP contribution in [0.4, 0.5) is 8.78 Å². The smallest absolute Gasteiger partial charge is 0.387 e. The van der Waals surface area contributed by atoms with Crippen LogP contribution in [0.1, 0.15) is 36.0 Å². The minimum absolute atomic E-state index is 0.0122. The van der Waals surface area contributed by atoms with Crippen LogP contribution in [0, 0.1) is 0 Å². The third-order valence-corrected chi connectivity index (χ3v) is 4.93. The molecule has 32 heavy (non-hydrogen) atoms. The predicted molar refractivity (Wildman–Crippen MR) is 110 cm³/mol. The van der Waals surface area contributed by atoms with E-state index >= 15 is 0 Å². The minimum Gasteiger partial charge on any atom is -0.452 e. The summed E-state index contributed by atoms with van der Waals surface area (Å²) in [6.45, 7) is -3.77. The van der Waals surface area contributed by atoms with E-state index in [1.165, 1.54) is 35.6 Å². The molecule has 3 rings (SSSR count). The van der Waals surface area contributed by atoms with Crippen molar-refractivity contribution in [1.29, 1.82) is 0 Å². The molecule has 0 unspecified atom stereocenters. The van der Waals surface area contributed by atoms with Gasteiger partial charge in [-0.05, 0) is 41.8 Å². The summed E-state index contributed by atoms with van der Waals surface area (Å²) in [7, 11) is 0. The van der Waals surface area contributed by atoms with Crippen LogP contribution < -0.4 is 10.1 Å². The van der Waals surface area contributed by atoms with Crippen molar-refractivity contribution in [2.24, 2.45) is 0 Å². The molecule has 0 bridgehead atoms. The Morgan fingerprint density at radius 2 is 1.59 bits per heavy atom. The number of alkyl halides is 2. The molecule has 0 saturated carbocycles. The van der Waals surface area contributed by atoms with Crippen molar-refractivity contribution in [2.75, 3.05) is 6.61 Å². The Balaban J connectivity index is 1.58. The van der Waals surface area contributed by atoms with Crippen molar-refractivity contribution in [3.8, 4) is 5.75 Å². The van der Waals surface area contributed by atoms with Crippen LogP contribution in [0.15, 0.2) is 66.0 Å². The number of thiophene rings is 1. The number of imide groups is 1. The maximum atomic E-state index is 12.6. The van der Waals surface area contributed by atoms with Gasteiger partial charge in [0.25, 0.3) is 11.8 Å². The lowest BCUT2D eigenvalue weighted by Gasteiger charge is -2.09. The van der Waals surface area contributed by atoms with Crippen LogP contribution in [0.2, 0.25) is 0 Å². The van der Waals surface area contributed by atoms with Gasteiger partial charge in [0, 0.05) is 11.1 Å². The standard InChI is InChI=1S/C22H15F2NO6S/c23-22(24)31-14-9-7-13(8-10-14)20(28)25-18(26)12-30-21(29)16-5-2-1-4-15(16)19(27)17-6-3-11-32-17/h1-11,22H,12H2,(H,25,26,28). The van der Waals surface area contributed by atoms with Gasteiger partial charge in [0.05, 0.1) is 10.4 Å². The number of nitrogens with one attached hydrogen (secondary N) is 1. The largest absolute Gasteiger partial charge is 0.452 e. The van der Waals surface area contributed by atoms with E-state index in [1.807, 2.05) is 5.32 Å². The molecule has 0 fully saturated rings. The zero-order valence-electron chi connectivity index (χ0n) is 16.2. The van der Waals surface area contributed by atoms with Gasteiger partial charge in [-0.15, -0.1) is 11.3 Å². The second kappa shape index (κ2) is 10.4. The topological polar surface area (TPSA) is 98.8 Å². The molecule has 1 aromatic heterocycles. The molecule has 0 aliphatic heterocycles. The molecule has 0 radical (unpaired) electrons. The van der Waals surface area contributed by atoms with E-state index in [1.54, 1.807) is 29.6 Å². The summed E-state index contributed by atoms with van der Waals surface area (Å²) in [6.07, 6.45) is 0. The second-order valence-electron chi connectivity index (χ2n) is 6.21. The van der Waals surface area contributed by atoms with Gasteiger partial charge in [0.2, 0.25) is 5.78 Å². The molecule has 2 aromatic carbocycles. The summed E-state index contributed by atoms with van der Waals surface area (Å²) in [5.74, 6) is -3.12. The van der Waals surface area contributed by atoms with E-state index in [-0.39, 0.29) is 28.2 Å². The number of ketones is 1. The molecular formula is C22H15F2NO6S. The van der Waals surface area contributed by atoms with Crippen LogP contribution in [0.3, 0.4) is 0 Å². The third-order valence-electron chi connectivity index (χ3n) is 4.07. The van der Waals surface area contributed by atoms with E-state index in [9.17, 15) is 28.0 Å². The van der Waals surface area contributed by atoms with Gasteiger partial charge in [-0.25, -0.2) is 4.79 Å². The quantitative estimate of drug-likeness (QED) is 0.408. The molecule has 3 aromatic rings. The molecule has 7 nitrogen and oxygen atoms in total. The first-order valence-corrected chi connectivity index (χ1v) is 9.96. The van der Waals surface area contributed by atoms with Crippen LogP contribution in [0.25, 0.3) is 0 Å². The van der Waals surface area contributed by atoms with E-state index < -0.39 is 31.0 Å². The number of amides is 2. The van der Waals surface area contributed by atoms with Crippen LogP contribution in [-0.2, 0) is 9.53 Å². The van der Waals surface area contributed by atoms with Gasteiger partial charge >= 0.3 is 12.6 Å². The van der Waals surface area contributed by atoms with Crippen molar-refractivity contribution in [3.05, 3.63) is 87.6 Å². The van der Waals surface area contributed by atoms with Gasteiger partial charge in [0.1, 0.15) is 5.75 Å². The highest BCUT2D eigenvalue weighted by molar-refractivity contribution is 7.12. The van der Waals surface area contributed by atoms with Crippen LogP contribution in [-0.4, -0.2) is 36.8 Å². The molecule has 0 atom stereocenters. The highest BCUT2D eigenvalue weighted by atomic mass is 32.1. The highest BCUT2D eigenvalue weighted by Crippen LogP contribution is 2.19. The first-order valence-electron chi connectivity index (χ1n) is 9.08. The SMILES string of the molecule is O=C(COC(=O)c1ccccc1C(=O)c1cccs1)NC(=O)c1ccc(OC(F)F)cc1. The van der Waals surface area contributed by atoms with Gasteiger partial charge < -0.3 is 9.47 Å². The van der Waals surface area contributed by atoms with Crippen molar-refractivity contribution in [2.45, 2.75) is 6.61 Å². The van der Waals surface area contributed by atoms with E-state index in [0.29, 0.717) is 4.88 Å². The number of carbonyl (C=O) groups is 4. The number of esters is 1. The number of ether oxygens (including phenoxy) is 2. The molecule has 0 aliphatic carbocycles. The maximum Gasteiger partial charge on any atom is 0.387 e. The van der Waals surface area contributed by atoms with Gasteiger partial charge in [-0.2, -0.15) is 8.78 Å². The molecule has 1 N–H and O–H groups in total. The molecule has 0 aliphatic rings. The lowest BCUT2D eigenvalue weighted by Crippen LogP contribution is -2.34. The van der Waals surface area contributed by atoms with E-state index in [2.05, 4.69) is 4.74 Å². The lowest BCUT2D eigenvalue weighted by atomic mass is 10.0. The number of rotatable bonds is 8. The minimum atomic E-state index is -3.00. The molecular weight excluding hydrogens is 444 g/mol. The number of benzene rings is 2. The fourth-order valence-electron chi connectivity index (χ4n) is 2.63. The maximum absolute atomic E-state index is 12.6. The highest BCUT2D eigenvalue weighted by Gasteiger charge is 2.21. The summed E-state index contributed by atoms with van der Waals surface area (Å²) in [6, 6.07) is 14.0. The Kier molecular flexibility index (Phi) is 7.40. The summed E-state index contributed by atoms with van der Waals surface area (Å²) in [5, 5.41) is 3.74. The first-order chi connectivity index (χ1) is 15.3. The Morgan fingerprint density at radius 3 is 2.22 bits per heavy atom. The monoisotopic (exact) mass is 459 g/mol. The van der Waals surface area contributed by atoms with Crippen molar-refractivity contribution >= 4 is 34.9 Å². The number of hydrogen-bond donors (Lipinski definition) is 1. The molecule has 2 amide bonds. The van der Waals surface area contributed by atoms with Crippen molar-refractivity contribution in [1.82, 2.24) is 5.32 Å². The van der Waals surface area contributed by atoms with Crippen LogP contribution >= 0.6 is 11.3 Å².